The number of nitrogens with zero attached hydrogens (tertiary/aromatic N) is 1. The van der Waals surface area contributed by atoms with E-state index in [1.54, 1.807) is 24.3 Å². The first-order chi connectivity index (χ1) is 13.3. The molecule has 0 aromatic heterocycles. The molecule has 5 N–H and O–H groups in total. The van der Waals surface area contributed by atoms with Gasteiger partial charge in [-0.1, -0.05) is 23.7 Å². The monoisotopic (exact) mass is 402 g/mol. The van der Waals surface area contributed by atoms with Crippen molar-refractivity contribution in [3.05, 3.63) is 64.9 Å². The van der Waals surface area contributed by atoms with Gasteiger partial charge in [0.05, 0.1) is 23.5 Å². The van der Waals surface area contributed by atoms with Gasteiger partial charge in [-0.05, 0) is 41.1 Å². The second-order valence-electron chi connectivity index (χ2n) is 5.87. The maximum Gasteiger partial charge on any atom is 0.333 e. The van der Waals surface area contributed by atoms with Crippen LogP contribution in [0.5, 0.6) is 5.75 Å². The van der Waals surface area contributed by atoms with Crippen LogP contribution in [-0.2, 0) is 0 Å². The molecule has 0 bridgehead atoms. The number of amides is 3. The second kappa shape index (κ2) is 7.71. The summed E-state index contributed by atoms with van der Waals surface area (Å²) in [6.07, 6.45) is 0. The molecule has 0 saturated heterocycles. The van der Waals surface area contributed by atoms with E-state index >= 15 is 0 Å². The number of carbonyl (C=O) groups excluding carboxylic acids is 2. The molecular weight excluding hydrogens is 387 g/mol. The minimum Gasteiger partial charge on any atom is -0.495 e. The zero-order valence-electron chi connectivity index (χ0n) is 14.7. The van der Waals surface area contributed by atoms with Crippen LogP contribution in [0.1, 0.15) is 10.4 Å². The zero-order chi connectivity index (χ0) is 20.4. The van der Waals surface area contributed by atoms with Gasteiger partial charge in [0.2, 0.25) is 0 Å². The lowest BCUT2D eigenvalue weighted by molar-refractivity contribution is 0.102. The highest BCUT2D eigenvalue weighted by molar-refractivity contribution is 6.32. The molecule has 28 heavy (non-hydrogen) atoms. The Morgan fingerprint density at radius 1 is 1.11 bits per heavy atom. The smallest absolute Gasteiger partial charge is 0.333 e. The first kappa shape index (κ1) is 19.4. The van der Waals surface area contributed by atoms with Gasteiger partial charge in [0, 0.05) is 11.6 Å². The molecule has 0 spiro atoms. The van der Waals surface area contributed by atoms with E-state index in [9.17, 15) is 14.0 Å². The molecule has 0 unspecified atom stereocenters. The average Bonchev–Trinajstić information content (AvgIpc) is 2.67. The number of methoxy groups -OCH3 is 1. The number of nitrogens with one attached hydrogen (secondary N) is 1. The maximum atomic E-state index is 13.3. The van der Waals surface area contributed by atoms with Crippen molar-refractivity contribution in [2.45, 2.75) is 0 Å². The van der Waals surface area contributed by atoms with Crippen LogP contribution in [0.15, 0.2) is 48.5 Å². The summed E-state index contributed by atoms with van der Waals surface area (Å²) in [6, 6.07) is 10.9. The second-order valence-corrected chi connectivity index (χ2v) is 6.28. The van der Waals surface area contributed by atoms with E-state index in [1.807, 2.05) is 0 Å². The number of primary amides is 1. The Kier molecular flexibility index (Phi) is 5.34. The van der Waals surface area contributed by atoms with Crippen LogP contribution in [-0.4, -0.2) is 19.0 Å². The third kappa shape index (κ3) is 3.83. The van der Waals surface area contributed by atoms with Crippen molar-refractivity contribution >= 4 is 45.7 Å². The van der Waals surface area contributed by atoms with Crippen molar-refractivity contribution < 1.29 is 18.7 Å². The Bertz CT molecular complexity index is 1090. The number of rotatable bonds is 4. The summed E-state index contributed by atoms with van der Waals surface area (Å²) >= 11 is 6.08. The van der Waals surface area contributed by atoms with Crippen molar-refractivity contribution in [1.29, 1.82) is 0 Å². The van der Waals surface area contributed by atoms with Crippen molar-refractivity contribution in [2.75, 3.05) is 17.4 Å². The van der Waals surface area contributed by atoms with Gasteiger partial charge in [-0.25, -0.2) is 20.0 Å². The Morgan fingerprint density at radius 3 is 2.46 bits per heavy atom. The molecular formula is C19H16ClFN4O3. The Hall–Kier alpha value is -3.36. The first-order valence-electron chi connectivity index (χ1n) is 8.02. The average molecular weight is 403 g/mol. The minimum atomic E-state index is -0.940. The van der Waals surface area contributed by atoms with Gasteiger partial charge in [-0.3, -0.25) is 4.79 Å². The molecule has 0 saturated carbocycles. The quantitative estimate of drug-likeness (QED) is 0.351. The van der Waals surface area contributed by atoms with Crippen LogP contribution >= 0.6 is 11.6 Å². The van der Waals surface area contributed by atoms with E-state index in [0.29, 0.717) is 21.3 Å². The summed E-state index contributed by atoms with van der Waals surface area (Å²) in [4.78, 5) is 24.2. The Balaban J connectivity index is 1.99. The zero-order valence-corrected chi connectivity index (χ0v) is 15.5. The summed E-state index contributed by atoms with van der Waals surface area (Å²) in [5, 5.41) is 4.85. The van der Waals surface area contributed by atoms with E-state index in [-0.39, 0.29) is 28.0 Å². The number of fused-ring (bicyclic) bond motifs is 1. The normalized spacial score (nSPS) is 10.6. The fourth-order valence-electron chi connectivity index (χ4n) is 2.67. The van der Waals surface area contributed by atoms with Crippen LogP contribution in [0.25, 0.3) is 10.8 Å². The number of hydrogen-bond acceptors (Lipinski definition) is 4. The van der Waals surface area contributed by atoms with Crippen molar-refractivity contribution in [3.8, 4) is 5.75 Å². The maximum absolute atomic E-state index is 13.3. The number of hydrogen-bond donors (Lipinski definition) is 3. The number of urea groups is 1. The van der Waals surface area contributed by atoms with Gasteiger partial charge < -0.3 is 15.8 Å². The van der Waals surface area contributed by atoms with Gasteiger partial charge in [0.15, 0.2) is 0 Å². The summed E-state index contributed by atoms with van der Waals surface area (Å²) in [5.74, 6) is 5.10. The van der Waals surface area contributed by atoms with E-state index < -0.39 is 11.9 Å². The largest absolute Gasteiger partial charge is 0.495 e. The van der Waals surface area contributed by atoms with Crippen LogP contribution in [0, 0.1) is 5.82 Å². The van der Waals surface area contributed by atoms with E-state index in [4.69, 9.17) is 27.9 Å². The van der Waals surface area contributed by atoms with Gasteiger partial charge in [-0.15, -0.1) is 0 Å². The van der Waals surface area contributed by atoms with Gasteiger partial charge in [0.1, 0.15) is 11.6 Å². The summed E-state index contributed by atoms with van der Waals surface area (Å²) in [5.41, 5.74) is 5.80. The van der Waals surface area contributed by atoms with E-state index in [2.05, 4.69) is 5.32 Å². The van der Waals surface area contributed by atoms with Crippen molar-refractivity contribution in [2.24, 2.45) is 11.6 Å². The fourth-order valence-corrected chi connectivity index (χ4v) is 2.90. The number of benzene rings is 3. The molecule has 0 radical (unpaired) electrons. The summed E-state index contributed by atoms with van der Waals surface area (Å²) in [6.45, 7) is 0. The van der Waals surface area contributed by atoms with E-state index in [0.717, 1.165) is 0 Å². The standard InChI is InChI=1S/C19H16ClFN4O3/c1-28-17-9-15(16(8-14(17)20)25(23)19(22)27)24-18(26)12-3-2-11-7-13(21)5-4-10(11)6-12/h2-9H,23H2,1H3,(H2,22,27)(H,24,26). The molecule has 0 atom stereocenters. The lowest BCUT2D eigenvalue weighted by atomic mass is 10.1. The van der Waals surface area contributed by atoms with Gasteiger partial charge in [-0.2, -0.15) is 0 Å². The molecule has 3 aromatic rings. The lowest BCUT2D eigenvalue weighted by Gasteiger charge is -2.20. The van der Waals surface area contributed by atoms with Crippen LogP contribution in [0.3, 0.4) is 0 Å². The lowest BCUT2D eigenvalue weighted by Crippen LogP contribution is -2.42. The third-order valence-corrected chi connectivity index (χ3v) is 4.38. The predicted octanol–water partition coefficient (Wildman–Crippen LogP) is 3.65. The highest BCUT2D eigenvalue weighted by Gasteiger charge is 2.19. The molecule has 3 aromatic carbocycles. The molecule has 3 amide bonds. The summed E-state index contributed by atoms with van der Waals surface area (Å²) < 4.78 is 18.5. The molecule has 0 aliphatic rings. The van der Waals surface area contributed by atoms with E-state index in [1.165, 1.54) is 31.4 Å². The predicted molar refractivity (Wildman–Crippen MR) is 106 cm³/mol. The van der Waals surface area contributed by atoms with Crippen LogP contribution in [0.2, 0.25) is 5.02 Å². The molecule has 0 aliphatic carbocycles. The van der Waals surface area contributed by atoms with Crippen molar-refractivity contribution in [3.63, 3.8) is 0 Å². The van der Waals surface area contributed by atoms with Crippen LogP contribution < -0.4 is 26.6 Å². The highest BCUT2D eigenvalue weighted by atomic mass is 35.5. The molecule has 0 fully saturated rings. The number of ether oxygens (including phenoxy) is 1. The van der Waals surface area contributed by atoms with Crippen LogP contribution in [0.4, 0.5) is 20.6 Å². The molecule has 0 heterocycles. The van der Waals surface area contributed by atoms with Crippen molar-refractivity contribution in [1.82, 2.24) is 0 Å². The number of carbonyl (C=O) groups is 2. The third-order valence-electron chi connectivity index (χ3n) is 4.08. The SMILES string of the molecule is COc1cc(NC(=O)c2ccc3cc(F)ccc3c2)c(N(N)C(N)=O)cc1Cl. The Morgan fingerprint density at radius 2 is 1.79 bits per heavy atom. The van der Waals surface area contributed by atoms with Gasteiger partial charge >= 0.3 is 6.03 Å². The number of hydrazine groups is 1. The highest BCUT2D eigenvalue weighted by Crippen LogP contribution is 2.36. The summed E-state index contributed by atoms with van der Waals surface area (Å²) in [7, 11) is 1.41. The number of anilines is 2. The molecule has 0 aliphatic heterocycles. The molecule has 144 valence electrons. The Labute approximate surface area is 164 Å². The topological polar surface area (TPSA) is 111 Å². The number of halogens is 2. The number of nitrogens with two attached hydrogens (primary N) is 2. The molecule has 3 rings (SSSR count). The molecule has 7 nitrogen and oxygen atoms in total. The molecule has 9 heteroatoms. The minimum absolute atomic E-state index is 0.0921. The first-order valence-corrected chi connectivity index (χ1v) is 8.40. The fraction of sp³-hybridized carbons (Fsp3) is 0.0526. The van der Waals surface area contributed by atoms with Gasteiger partial charge in [0.25, 0.3) is 5.91 Å².